The molecular formula is C20H32N4O3. The number of hydrogen-bond donors (Lipinski definition) is 0. The highest BCUT2D eigenvalue weighted by atomic mass is 16.6. The molecule has 1 atom stereocenters. The van der Waals surface area contributed by atoms with Gasteiger partial charge in [0, 0.05) is 44.9 Å². The van der Waals surface area contributed by atoms with E-state index in [1.165, 1.54) is 12.8 Å². The zero-order valence-corrected chi connectivity index (χ0v) is 16.8. The summed E-state index contributed by atoms with van der Waals surface area (Å²) in [5.41, 5.74) is -0.410. The second kappa shape index (κ2) is 8.31. The number of unbranched alkanes of at least 4 members (excludes halogenated alkanes) is 3. The molecule has 2 fully saturated rings. The monoisotopic (exact) mass is 376 g/mol. The number of imidazole rings is 1. The maximum Gasteiger partial charge on any atom is 0.410 e. The van der Waals surface area contributed by atoms with Crippen LogP contribution in [0, 0.1) is 6.92 Å². The van der Waals surface area contributed by atoms with Crippen molar-refractivity contribution >= 4 is 12.0 Å². The fourth-order valence-electron chi connectivity index (χ4n) is 4.17. The third-order valence-electron chi connectivity index (χ3n) is 5.95. The molecule has 1 unspecified atom stereocenters. The molecule has 1 aromatic rings. The normalized spacial score (nSPS) is 20.2. The van der Waals surface area contributed by atoms with Gasteiger partial charge in [0.25, 0.3) is 0 Å². The number of aryl methyl sites for hydroxylation is 1. The van der Waals surface area contributed by atoms with Crippen LogP contribution in [0.15, 0.2) is 12.4 Å². The molecule has 0 bridgehead atoms. The molecule has 0 aromatic carbocycles. The third-order valence-corrected chi connectivity index (χ3v) is 5.95. The van der Waals surface area contributed by atoms with Crippen molar-refractivity contribution < 1.29 is 14.3 Å². The van der Waals surface area contributed by atoms with Crippen LogP contribution in [-0.2, 0) is 9.53 Å². The number of aromatic nitrogens is 2. The van der Waals surface area contributed by atoms with Crippen LogP contribution in [0.5, 0.6) is 0 Å². The topological polar surface area (TPSA) is 67.7 Å². The zero-order valence-electron chi connectivity index (χ0n) is 16.8. The van der Waals surface area contributed by atoms with E-state index in [2.05, 4.69) is 11.9 Å². The van der Waals surface area contributed by atoms with E-state index < -0.39 is 5.60 Å². The molecule has 7 heteroatoms. The summed E-state index contributed by atoms with van der Waals surface area (Å²) in [6, 6.07) is -0.261. The van der Waals surface area contributed by atoms with Crippen LogP contribution in [0.25, 0.3) is 0 Å². The van der Waals surface area contributed by atoms with Gasteiger partial charge in [-0.15, -0.1) is 0 Å². The second-order valence-corrected chi connectivity index (χ2v) is 7.92. The Bertz CT molecular complexity index is 664. The first-order chi connectivity index (χ1) is 13.0. The minimum absolute atomic E-state index is 0.103. The van der Waals surface area contributed by atoms with Crippen LogP contribution >= 0.6 is 0 Å². The smallest absolute Gasteiger partial charge is 0.410 e. The zero-order chi connectivity index (χ0) is 19.4. The van der Waals surface area contributed by atoms with Gasteiger partial charge >= 0.3 is 6.09 Å². The van der Waals surface area contributed by atoms with E-state index in [0.29, 0.717) is 32.5 Å². The predicted octanol–water partition coefficient (Wildman–Crippen LogP) is 3.15. The Hall–Kier alpha value is -2.05. The fourth-order valence-corrected chi connectivity index (χ4v) is 4.17. The minimum Gasteiger partial charge on any atom is -0.441 e. The van der Waals surface area contributed by atoms with Crippen molar-refractivity contribution in [3.05, 3.63) is 18.2 Å². The van der Waals surface area contributed by atoms with E-state index in [1.54, 1.807) is 6.20 Å². The molecule has 1 aromatic heterocycles. The summed E-state index contributed by atoms with van der Waals surface area (Å²) < 4.78 is 7.68. The Morgan fingerprint density at radius 3 is 2.67 bits per heavy atom. The van der Waals surface area contributed by atoms with Crippen molar-refractivity contribution in [2.75, 3.05) is 26.2 Å². The van der Waals surface area contributed by atoms with Crippen molar-refractivity contribution in [2.24, 2.45) is 0 Å². The van der Waals surface area contributed by atoms with Crippen molar-refractivity contribution in [1.29, 1.82) is 0 Å². The third kappa shape index (κ3) is 4.28. The predicted molar refractivity (Wildman–Crippen MR) is 102 cm³/mol. The average Bonchev–Trinajstić information content (AvgIpc) is 3.21. The number of hydrogen-bond acceptors (Lipinski definition) is 4. The van der Waals surface area contributed by atoms with Gasteiger partial charge in [0.2, 0.25) is 5.91 Å². The Labute approximate surface area is 161 Å². The van der Waals surface area contributed by atoms with E-state index in [-0.39, 0.29) is 18.0 Å². The van der Waals surface area contributed by atoms with E-state index >= 15 is 0 Å². The lowest BCUT2D eigenvalue weighted by molar-refractivity contribution is -0.137. The molecule has 1 spiro atoms. The SMILES string of the molecule is CCCCCCN1CC2(CCN(C(=O)C(C)n3ccnc3C)CC2)OC1=O. The van der Waals surface area contributed by atoms with Crippen LogP contribution in [-0.4, -0.2) is 63.1 Å². The molecule has 150 valence electrons. The Morgan fingerprint density at radius 2 is 2.04 bits per heavy atom. The second-order valence-electron chi connectivity index (χ2n) is 7.92. The summed E-state index contributed by atoms with van der Waals surface area (Å²) >= 11 is 0. The number of likely N-dealkylation sites (tertiary alicyclic amines) is 1. The fraction of sp³-hybridized carbons (Fsp3) is 0.750. The first-order valence-corrected chi connectivity index (χ1v) is 10.2. The summed E-state index contributed by atoms with van der Waals surface area (Å²) in [6.45, 7) is 8.71. The quantitative estimate of drug-likeness (QED) is 0.686. The molecule has 2 aliphatic rings. The number of amides is 2. The first-order valence-electron chi connectivity index (χ1n) is 10.2. The van der Waals surface area contributed by atoms with E-state index in [0.717, 1.165) is 25.2 Å². The summed E-state index contributed by atoms with van der Waals surface area (Å²) in [7, 11) is 0. The molecule has 0 radical (unpaired) electrons. The van der Waals surface area contributed by atoms with Crippen molar-refractivity contribution in [2.45, 2.75) is 70.9 Å². The van der Waals surface area contributed by atoms with Crippen molar-refractivity contribution in [3.63, 3.8) is 0 Å². The van der Waals surface area contributed by atoms with Gasteiger partial charge in [-0.25, -0.2) is 9.78 Å². The molecule has 3 heterocycles. The molecule has 0 aliphatic carbocycles. The summed E-state index contributed by atoms with van der Waals surface area (Å²) in [6.07, 6.45) is 9.39. The van der Waals surface area contributed by atoms with E-state index in [4.69, 9.17) is 4.74 Å². The molecule has 0 saturated carbocycles. The average molecular weight is 377 g/mol. The molecule has 2 amide bonds. The van der Waals surface area contributed by atoms with Gasteiger partial charge in [0.15, 0.2) is 0 Å². The van der Waals surface area contributed by atoms with Crippen LogP contribution in [0.1, 0.15) is 64.2 Å². The number of rotatable bonds is 7. The number of carbonyl (C=O) groups is 2. The molecular weight excluding hydrogens is 344 g/mol. The first kappa shape index (κ1) is 19.7. The van der Waals surface area contributed by atoms with Crippen LogP contribution in [0.4, 0.5) is 4.79 Å². The largest absolute Gasteiger partial charge is 0.441 e. The van der Waals surface area contributed by atoms with Crippen molar-refractivity contribution in [3.8, 4) is 0 Å². The van der Waals surface area contributed by atoms with Crippen molar-refractivity contribution in [1.82, 2.24) is 19.4 Å². The molecule has 3 rings (SSSR count). The number of piperidine rings is 1. The highest BCUT2D eigenvalue weighted by Crippen LogP contribution is 2.34. The number of ether oxygens (including phenoxy) is 1. The van der Waals surface area contributed by atoms with Gasteiger partial charge in [-0.3, -0.25) is 4.79 Å². The van der Waals surface area contributed by atoms with Gasteiger partial charge in [0.1, 0.15) is 17.5 Å². The summed E-state index contributed by atoms with van der Waals surface area (Å²) in [5, 5.41) is 0. The van der Waals surface area contributed by atoms with Gasteiger partial charge in [-0.05, 0) is 20.3 Å². The summed E-state index contributed by atoms with van der Waals surface area (Å²) in [4.78, 5) is 33.0. The maximum atomic E-state index is 12.8. The van der Waals surface area contributed by atoms with Gasteiger partial charge < -0.3 is 19.1 Å². The van der Waals surface area contributed by atoms with Crippen LogP contribution < -0.4 is 0 Å². The van der Waals surface area contributed by atoms with Gasteiger partial charge in [-0.1, -0.05) is 26.2 Å². The van der Waals surface area contributed by atoms with Gasteiger partial charge in [-0.2, -0.15) is 0 Å². The molecule has 2 saturated heterocycles. The molecule has 27 heavy (non-hydrogen) atoms. The van der Waals surface area contributed by atoms with Crippen LogP contribution in [0.2, 0.25) is 0 Å². The highest BCUT2D eigenvalue weighted by molar-refractivity contribution is 5.80. The highest BCUT2D eigenvalue weighted by Gasteiger charge is 2.47. The van der Waals surface area contributed by atoms with E-state index in [1.807, 2.05) is 34.4 Å². The minimum atomic E-state index is -0.410. The number of nitrogens with zero attached hydrogens (tertiary/aromatic N) is 4. The standard InChI is InChI=1S/C20H32N4O3/c1-4-5-6-7-11-23-15-20(27-19(23)26)8-12-22(13-9-20)18(25)16(2)24-14-10-21-17(24)3/h10,14,16H,4-9,11-13,15H2,1-3H3. The lowest BCUT2D eigenvalue weighted by Gasteiger charge is -2.38. The lowest BCUT2D eigenvalue weighted by atomic mass is 9.91. The van der Waals surface area contributed by atoms with Crippen LogP contribution in [0.3, 0.4) is 0 Å². The number of carbonyl (C=O) groups excluding carboxylic acids is 2. The summed E-state index contributed by atoms with van der Waals surface area (Å²) in [5.74, 6) is 0.944. The Balaban J connectivity index is 1.52. The molecule has 0 N–H and O–H groups in total. The molecule has 7 nitrogen and oxygen atoms in total. The Kier molecular flexibility index (Phi) is 6.07. The maximum absolute atomic E-state index is 12.8. The molecule has 2 aliphatic heterocycles. The Morgan fingerprint density at radius 1 is 1.30 bits per heavy atom. The van der Waals surface area contributed by atoms with E-state index in [9.17, 15) is 9.59 Å². The lowest BCUT2D eigenvalue weighted by Crippen LogP contribution is -2.50. The van der Waals surface area contributed by atoms with Gasteiger partial charge in [0.05, 0.1) is 6.54 Å².